The molecule has 4 nitrogen and oxygen atoms in total. The molecule has 146 valence electrons. The van der Waals surface area contributed by atoms with Gasteiger partial charge in [0.2, 0.25) is 0 Å². The Kier molecular flexibility index (Phi) is 5.09. The van der Waals surface area contributed by atoms with Crippen LogP contribution < -0.4 is 4.74 Å². The molecule has 1 heterocycles. The third-order valence-corrected chi connectivity index (χ3v) is 5.06. The van der Waals surface area contributed by atoms with Gasteiger partial charge in [-0.3, -0.25) is 0 Å². The van der Waals surface area contributed by atoms with Crippen LogP contribution in [0.25, 0.3) is 22.0 Å². The van der Waals surface area contributed by atoms with Gasteiger partial charge in [-0.2, -0.15) is 0 Å². The van der Waals surface area contributed by atoms with E-state index in [9.17, 15) is 9.90 Å². The number of aromatic nitrogens is 1. The van der Waals surface area contributed by atoms with Crippen LogP contribution in [-0.2, 0) is 6.61 Å². The van der Waals surface area contributed by atoms with Crippen LogP contribution in [0.2, 0.25) is 0 Å². The lowest BCUT2D eigenvalue weighted by atomic mass is 10.0. The Bertz CT molecular complexity index is 1160. The monoisotopic (exact) mass is 385 g/mol. The lowest BCUT2D eigenvalue weighted by Crippen LogP contribution is -1.99. The van der Waals surface area contributed by atoms with Crippen LogP contribution in [0.15, 0.2) is 79.0 Å². The van der Waals surface area contributed by atoms with E-state index in [1.807, 2.05) is 77.4 Å². The Balaban J connectivity index is 1.75. The van der Waals surface area contributed by atoms with Crippen molar-refractivity contribution in [2.45, 2.75) is 26.5 Å². The molecule has 0 radical (unpaired) electrons. The number of fused-ring (bicyclic) bond motifs is 1. The summed E-state index contributed by atoms with van der Waals surface area (Å²) in [5.41, 5.74) is 4.33. The number of carboxylic acid groups (broad SMARTS) is 1. The van der Waals surface area contributed by atoms with Gasteiger partial charge in [0.15, 0.2) is 0 Å². The molecule has 0 aliphatic heterocycles. The molecule has 0 fully saturated rings. The molecule has 0 aliphatic rings. The van der Waals surface area contributed by atoms with Crippen molar-refractivity contribution >= 4 is 16.9 Å². The normalized spacial score (nSPS) is 11.1. The fraction of sp³-hybridized carbons (Fsp3) is 0.160. The largest absolute Gasteiger partial charge is 0.488 e. The first kappa shape index (κ1) is 18.8. The molecule has 0 amide bonds. The molecule has 0 saturated heterocycles. The fourth-order valence-electron chi connectivity index (χ4n) is 3.58. The average Bonchev–Trinajstić information content (AvgIpc) is 3.13. The molecule has 0 bridgehead atoms. The van der Waals surface area contributed by atoms with Crippen molar-refractivity contribution in [1.82, 2.24) is 4.57 Å². The molecule has 1 aromatic heterocycles. The van der Waals surface area contributed by atoms with Crippen LogP contribution in [0.4, 0.5) is 0 Å². The van der Waals surface area contributed by atoms with Crippen molar-refractivity contribution in [3.05, 3.63) is 90.1 Å². The summed E-state index contributed by atoms with van der Waals surface area (Å²) >= 11 is 0. The highest BCUT2D eigenvalue weighted by Crippen LogP contribution is 2.34. The first-order valence-corrected chi connectivity index (χ1v) is 9.68. The number of ether oxygens (including phenoxy) is 1. The van der Waals surface area contributed by atoms with Gasteiger partial charge in [0.25, 0.3) is 0 Å². The zero-order valence-electron chi connectivity index (χ0n) is 16.5. The van der Waals surface area contributed by atoms with Crippen LogP contribution in [0.1, 0.15) is 35.8 Å². The molecule has 0 atom stereocenters. The SMILES string of the molecule is CC(C)n1cc(C(=O)O)c2ccc(-c3ccccc3OCc3ccccc3)cc21. The molecule has 0 spiro atoms. The van der Waals surface area contributed by atoms with Crippen LogP contribution >= 0.6 is 0 Å². The maximum Gasteiger partial charge on any atom is 0.337 e. The summed E-state index contributed by atoms with van der Waals surface area (Å²) in [6, 6.07) is 24.1. The Morgan fingerprint density at radius 1 is 1.00 bits per heavy atom. The predicted octanol–water partition coefficient (Wildman–Crippen LogP) is 6.17. The fourth-order valence-corrected chi connectivity index (χ4v) is 3.58. The van der Waals surface area contributed by atoms with Crippen LogP contribution in [0, 0.1) is 0 Å². The highest BCUT2D eigenvalue weighted by atomic mass is 16.5. The molecule has 4 rings (SSSR count). The quantitative estimate of drug-likeness (QED) is 0.432. The second-order valence-corrected chi connectivity index (χ2v) is 7.35. The second-order valence-electron chi connectivity index (χ2n) is 7.35. The standard InChI is InChI=1S/C25H23NO3/c1-17(2)26-15-22(25(27)28)21-13-12-19(14-23(21)26)20-10-6-7-11-24(20)29-16-18-8-4-3-5-9-18/h3-15,17H,16H2,1-2H3,(H,27,28). The van der Waals surface area contributed by atoms with E-state index in [1.54, 1.807) is 6.20 Å². The Hall–Kier alpha value is -3.53. The number of hydrogen-bond acceptors (Lipinski definition) is 2. The van der Waals surface area contributed by atoms with E-state index in [1.165, 1.54) is 0 Å². The van der Waals surface area contributed by atoms with Gasteiger partial charge in [0.05, 0.1) is 5.56 Å². The Labute approximate surface area is 170 Å². The van der Waals surface area contributed by atoms with Gasteiger partial charge in [0.1, 0.15) is 12.4 Å². The van der Waals surface area contributed by atoms with Crippen LogP contribution in [0.5, 0.6) is 5.75 Å². The van der Waals surface area contributed by atoms with Gasteiger partial charge in [-0.15, -0.1) is 0 Å². The van der Waals surface area contributed by atoms with Gasteiger partial charge in [-0.1, -0.05) is 60.7 Å². The predicted molar refractivity (Wildman–Crippen MR) is 115 cm³/mol. The number of rotatable bonds is 6. The summed E-state index contributed by atoms with van der Waals surface area (Å²) in [6.07, 6.45) is 1.72. The molecule has 29 heavy (non-hydrogen) atoms. The minimum absolute atomic E-state index is 0.158. The second kappa shape index (κ2) is 7.84. The van der Waals surface area contributed by atoms with E-state index in [-0.39, 0.29) is 6.04 Å². The van der Waals surface area contributed by atoms with E-state index in [0.29, 0.717) is 12.2 Å². The van der Waals surface area contributed by atoms with E-state index < -0.39 is 5.97 Å². The zero-order chi connectivity index (χ0) is 20.4. The molecular weight excluding hydrogens is 362 g/mol. The van der Waals surface area contributed by atoms with Gasteiger partial charge in [-0.25, -0.2) is 4.79 Å². The number of benzene rings is 3. The van der Waals surface area contributed by atoms with Gasteiger partial charge in [0, 0.05) is 28.7 Å². The minimum Gasteiger partial charge on any atom is -0.488 e. The number of carbonyl (C=O) groups is 1. The number of para-hydroxylation sites is 1. The number of carboxylic acids is 1. The molecule has 4 aromatic rings. The van der Waals surface area contributed by atoms with Crippen molar-refractivity contribution in [3.63, 3.8) is 0 Å². The van der Waals surface area contributed by atoms with Crippen molar-refractivity contribution in [1.29, 1.82) is 0 Å². The summed E-state index contributed by atoms with van der Waals surface area (Å²) < 4.78 is 8.12. The third-order valence-electron chi connectivity index (χ3n) is 5.06. The first-order valence-electron chi connectivity index (χ1n) is 9.68. The minimum atomic E-state index is -0.909. The maximum atomic E-state index is 11.6. The Morgan fingerprint density at radius 2 is 1.72 bits per heavy atom. The summed E-state index contributed by atoms with van der Waals surface area (Å²) in [5.74, 6) is -0.106. The Morgan fingerprint density at radius 3 is 2.45 bits per heavy atom. The summed E-state index contributed by atoms with van der Waals surface area (Å²) in [5, 5.41) is 10.3. The smallest absolute Gasteiger partial charge is 0.337 e. The lowest BCUT2D eigenvalue weighted by molar-refractivity contribution is 0.0698. The van der Waals surface area contributed by atoms with Crippen molar-refractivity contribution < 1.29 is 14.6 Å². The van der Waals surface area contributed by atoms with Gasteiger partial charge < -0.3 is 14.4 Å². The van der Waals surface area contributed by atoms with Crippen molar-refractivity contribution in [2.24, 2.45) is 0 Å². The first-order chi connectivity index (χ1) is 14.0. The number of hydrogen-bond donors (Lipinski definition) is 1. The zero-order valence-corrected chi connectivity index (χ0v) is 16.5. The van der Waals surface area contributed by atoms with E-state index in [4.69, 9.17) is 4.74 Å². The molecule has 0 unspecified atom stereocenters. The highest BCUT2D eigenvalue weighted by Gasteiger charge is 2.17. The van der Waals surface area contributed by atoms with E-state index >= 15 is 0 Å². The van der Waals surface area contributed by atoms with Crippen molar-refractivity contribution in [2.75, 3.05) is 0 Å². The molecule has 0 aliphatic carbocycles. The highest BCUT2D eigenvalue weighted by molar-refractivity contribution is 6.04. The van der Waals surface area contributed by atoms with Gasteiger partial charge in [-0.05, 0) is 37.1 Å². The molecule has 0 saturated carbocycles. The summed E-state index contributed by atoms with van der Waals surface area (Å²) in [7, 11) is 0. The van der Waals surface area contributed by atoms with Gasteiger partial charge >= 0.3 is 5.97 Å². The van der Waals surface area contributed by atoms with E-state index in [0.717, 1.165) is 33.3 Å². The topological polar surface area (TPSA) is 51.5 Å². The summed E-state index contributed by atoms with van der Waals surface area (Å²) in [4.78, 5) is 11.6. The molecule has 1 N–H and O–H groups in total. The summed E-state index contributed by atoms with van der Waals surface area (Å²) in [6.45, 7) is 4.59. The van der Waals surface area contributed by atoms with Crippen molar-refractivity contribution in [3.8, 4) is 16.9 Å². The lowest BCUT2D eigenvalue weighted by Gasteiger charge is -2.13. The maximum absolute atomic E-state index is 11.6. The molecular formula is C25H23NO3. The molecule has 4 heteroatoms. The number of aromatic carboxylic acids is 1. The van der Waals surface area contributed by atoms with Crippen LogP contribution in [-0.4, -0.2) is 15.6 Å². The third kappa shape index (κ3) is 3.74. The molecule has 3 aromatic carbocycles. The van der Waals surface area contributed by atoms with E-state index in [2.05, 4.69) is 13.8 Å². The average molecular weight is 385 g/mol. The van der Waals surface area contributed by atoms with Crippen LogP contribution in [0.3, 0.4) is 0 Å². The number of nitrogens with zero attached hydrogens (tertiary/aromatic N) is 1.